The van der Waals surface area contributed by atoms with Crippen molar-refractivity contribution in [2.75, 3.05) is 5.32 Å². The van der Waals surface area contributed by atoms with Gasteiger partial charge in [0.15, 0.2) is 0 Å². The van der Waals surface area contributed by atoms with Gasteiger partial charge < -0.3 is 5.32 Å². The number of nitrogens with one attached hydrogen (secondary N) is 2. The normalized spacial score (nSPS) is 12.0. The van der Waals surface area contributed by atoms with E-state index in [0.717, 1.165) is 12.1 Å². The van der Waals surface area contributed by atoms with Gasteiger partial charge in [-0.2, -0.15) is 8.78 Å². The predicted molar refractivity (Wildman–Crippen MR) is 97.5 cm³/mol. The Morgan fingerprint density at radius 1 is 0.966 bits per heavy atom. The van der Waals surface area contributed by atoms with Crippen molar-refractivity contribution in [1.29, 1.82) is 0 Å². The van der Waals surface area contributed by atoms with Gasteiger partial charge in [0, 0.05) is 5.69 Å². The van der Waals surface area contributed by atoms with Crippen LogP contribution in [0.1, 0.15) is 10.4 Å². The summed E-state index contributed by atoms with van der Waals surface area (Å²) >= 11 is 11.7. The third kappa shape index (κ3) is 4.80. The van der Waals surface area contributed by atoms with Crippen LogP contribution in [0.3, 0.4) is 0 Å². The Bertz CT molecular complexity index is 1030. The number of amides is 3. The second-order valence-electron chi connectivity index (χ2n) is 5.40. The van der Waals surface area contributed by atoms with Crippen molar-refractivity contribution in [3.05, 3.63) is 58.1 Å². The number of carbonyl (C=O) groups is 2. The van der Waals surface area contributed by atoms with Crippen molar-refractivity contribution in [2.24, 2.45) is 0 Å². The van der Waals surface area contributed by atoms with Crippen molar-refractivity contribution in [3.63, 3.8) is 0 Å². The topological polar surface area (TPSA) is 92.3 Å². The minimum absolute atomic E-state index is 0.0164. The van der Waals surface area contributed by atoms with E-state index in [-0.39, 0.29) is 21.3 Å². The number of benzene rings is 2. The summed E-state index contributed by atoms with van der Waals surface area (Å²) in [5, 5.41) is -1.26. The molecule has 3 amide bonds. The van der Waals surface area contributed by atoms with E-state index in [9.17, 15) is 35.6 Å². The molecule has 0 saturated heterocycles. The number of rotatable bonds is 5. The van der Waals surface area contributed by atoms with Crippen LogP contribution in [0.5, 0.6) is 0 Å². The smallest absolute Gasteiger partial charge is 0.308 e. The minimum Gasteiger partial charge on any atom is -0.308 e. The Hall–Kier alpha value is -2.37. The maximum atomic E-state index is 13.2. The Labute approximate surface area is 171 Å². The number of sulfone groups is 1. The molecule has 0 spiro atoms. The Morgan fingerprint density at radius 3 is 1.97 bits per heavy atom. The van der Waals surface area contributed by atoms with E-state index in [4.69, 9.17) is 23.2 Å². The molecule has 2 N–H and O–H groups in total. The molecule has 29 heavy (non-hydrogen) atoms. The highest BCUT2D eigenvalue weighted by molar-refractivity contribution is 7.92. The number of alkyl halides is 4. The zero-order chi connectivity index (χ0) is 22.0. The quantitative estimate of drug-likeness (QED) is 0.622. The zero-order valence-electron chi connectivity index (χ0n) is 13.9. The molecule has 0 aliphatic rings. The lowest BCUT2D eigenvalue weighted by Gasteiger charge is -2.16. The summed E-state index contributed by atoms with van der Waals surface area (Å²) in [5.74, 6) is -0.936. The van der Waals surface area contributed by atoms with Gasteiger partial charge in [0.2, 0.25) is 9.84 Å². The second kappa shape index (κ2) is 8.56. The van der Waals surface area contributed by atoms with Gasteiger partial charge in [-0.05, 0) is 36.4 Å². The van der Waals surface area contributed by atoms with Gasteiger partial charge in [0.05, 0.1) is 20.5 Å². The van der Waals surface area contributed by atoms with Gasteiger partial charge in [0.25, 0.3) is 5.91 Å². The van der Waals surface area contributed by atoms with E-state index in [0.29, 0.717) is 12.1 Å². The molecule has 2 aromatic carbocycles. The van der Waals surface area contributed by atoms with Crippen LogP contribution in [0.4, 0.5) is 28.0 Å². The summed E-state index contributed by atoms with van der Waals surface area (Å²) in [6.45, 7) is 0. The Balaban J connectivity index is 2.12. The van der Waals surface area contributed by atoms with Crippen molar-refractivity contribution in [3.8, 4) is 0 Å². The first-order chi connectivity index (χ1) is 13.4. The van der Waals surface area contributed by atoms with Crippen LogP contribution in [-0.2, 0) is 9.84 Å². The highest BCUT2D eigenvalue weighted by atomic mass is 35.5. The molecule has 6 nitrogen and oxygen atoms in total. The number of hydrogen-bond acceptors (Lipinski definition) is 4. The van der Waals surface area contributed by atoms with E-state index >= 15 is 0 Å². The molecule has 0 fully saturated rings. The molecular formula is C16H10Cl2F4N2O4S. The van der Waals surface area contributed by atoms with Gasteiger partial charge in [-0.15, -0.1) is 0 Å². The summed E-state index contributed by atoms with van der Waals surface area (Å²) in [7, 11) is -5.64. The first kappa shape index (κ1) is 22.9. The van der Waals surface area contributed by atoms with E-state index in [1.807, 2.05) is 5.32 Å². The fraction of sp³-hybridized carbons (Fsp3) is 0.125. The maximum absolute atomic E-state index is 13.2. The average molecular weight is 473 g/mol. The molecular weight excluding hydrogens is 463 g/mol. The molecule has 0 atom stereocenters. The SMILES string of the molecule is O=C(NC(=O)c1c(Cl)cccc1Cl)Nc1ccc(S(=O)(=O)C(F)(F)C(F)F)cc1. The zero-order valence-corrected chi connectivity index (χ0v) is 16.3. The molecule has 0 bridgehead atoms. The van der Waals surface area contributed by atoms with Gasteiger partial charge >= 0.3 is 17.7 Å². The van der Waals surface area contributed by atoms with Crippen LogP contribution >= 0.6 is 23.2 Å². The number of imide groups is 1. The maximum Gasteiger partial charge on any atom is 0.408 e. The van der Waals surface area contributed by atoms with Crippen LogP contribution in [0, 0.1) is 0 Å². The molecule has 156 valence electrons. The Morgan fingerprint density at radius 2 is 1.48 bits per heavy atom. The molecule has 0 aliphatic carbocycles. The minimum atomic E-state index is -5.64. The number of anilines is 1. The molecule has 13 heteroatoms. The Kier molecular flexibility index (Phi) is 6.76. The van der Waals surface area contributed by atoms with Gasteiger partial charge in [-0.3, -0.25) is 10.1 Å². The van der Waals surface area contributed by atoms with Gasteiger partial charge in [-0.25, -0.2) is 22.0 Å². The van der Waals surface area contributed by atoms with Crippen LogP contribution < -0.4 is 10.6 Å². The van der Waals surface area contributed by atoms with E-state index in [1.165, 1.54) is 18.2 Å². The predicted octanol–water partition coefficient (Wildman–Crippen LogP) is 4.59. The first-order valence-electron chi connectivity index (χ1n) is 7.45. The molecule has 0 aliphatic heterocycles. The highest BCUT2D eigenvalue weighted by Crippen LogP contribution is 2.34. The number of urea groups is 1. The number of halogens is 6. The monoisotopic (exact) mass is 472 g/mol. The summed E-state index contributed by atoms with van der Waals surface area (Å²) in [5.41, 5.74) is -0.276. The van der Waals surface area contributed by atoms with Crippen LogP contribution in [0.25, 0.3) is 0 Å². The second-order valence-corrected chi connectivity index (χ2v) is 8.23. The van der Waals surface area contributed by atoms with Gasteiger partial charge in [0.1, 0.15) is 0 Å². The van der Waals surface area contributed by atoms with Crippen molar-refractivity contribution < 1.29 is 35.6 Å². The van der Waals surface area contributed by atoms with Gasteiger partial charge in [-0.1, -0.05) is 29.3 Å². The van der Waals surface area contributed by atoms with Crippen LogP contribution in [-0.4, -0.2) is 32.0 Å². The molecule has 0 saturated carbocycles. The van der Waals surface area contributed by atoms with Crippen LogP contribution in [0.2, 0.25) is 10.0 Å². The summed E-state index contributed by atoms with van der Waals surface area (Å²) < 4.78 is 74.3. The lowest BCUT2D eigenvalue weighted by atomic mass is 10.2. The number of hydrogen-bond donors (Lipinski definition) is 2. The lowest BCUT2D eigenvalue weighted by molar-refractivity contribution is -0.0636. The average Bonchev–Trinajstić information content (AvgIpc) is 2.61. The molecule has 2 aromatic rings. The fourth-order valence-electron chi connectivity index (χ4n) is 2.03. The lowest BCUT2D eigenvalue weighted by Crippen LogP contribution is -2.36. The summed E-state index contributed by atoms with van der Waals surface area (Å²) in [6, 6.07) is 6.11. The van der Waals surface area contributed by atoms with Crippen molar-refractivity contribution in [1.82, 2.24) is 5.32 Å². The van der Waals surface area contributed by atoms with E-state index < -0.39 is 38.4 Å². The molecule has 2 rings (SSSR count). The van der Waals surface area contributed by atoms with Crippen molar-refractivity contribution >= 4 is 50.7 Å². The highest BCUT2D eigenvalue weighted by Gasteiger charge is 2.54. The fourth-order valence-corrected chi connectivity index (χ4v) is 3.65. The van der Waals surface area contributed by atoms with Crippen molar-refractivity contribution in [2.45, 2.75) is 16.6 Å². The van der Waals surface area contributed by atoms with E-state index in [2.05, 4.69) is 5.32 Å². The largest absolute Gasteiger partial charge is 0.408 e. The molecule has 0 heterocycles. The first-order valence-corrected chi connectivity index (χ1v) is 9.69. The molecule has 0 radical (unpaired) electrons. The van der Waals surface area contributed by atoms with E-state index in [1.54, 1.807) is 0 Å². The third-order valence-corrected chi connectivity index (χ3v) is 5.87. The standard InChI is InChI=1S/C16H10Cl2F4N2O4S/c17-10-2-1-3-11(18)12(10)13(25)24-15(26)23-8-4-6-9(7-5-8)29(27,28)16(21,22)14(19)20/h1-7,14H,(H2,23,24,25,26). The molecule has 0 aromatic heterocycles. The third-order valence-electron chi connectivity index (χ3n) is 3.45. The number of carbonyl (C=O) groups excluding carboxylic acids is 2. The molecule has 0 unspecified atom stereocenters. The summed E-state index contributed by atoms with van der Waals surface area (Å²) in [4.78, 5) is 22.9. The summed E-state index contributed by atoms with van der Waals surface area (Å²) in [6.07, 6.45) is -4.42. The van der Waals surface area contributed by atoms with Crippen LogP contribution in [0.15, 0.2) is 47.4 Å².